The zero-order valence-corrected chi connectivity index (χ0v) is 20.4. The second-order valence-electron chi connectivity index (χ2n) is 8.60. The Morgan fingerprint density at radius 2 is 1.88 bits per heavy atom. The van der Waals surface area contributed by atoms with Gasteiger partial charge in [0.2, 0.25) is 0 Å². The standard InChI is InChI=1S/C24H27Cl2N5O2/c1-13-4-7-17(29-23(32)21-20(26)10-16(25)12-28-21)11-19(13)24(30-14(2)22(27)31-24)15-5-8-18(33-3)9-6-15/h4,7,10-12,15,18H,5-6,8-9H2,1-3H3,(H2,27,31)(H,29,32). The van der Waals surface area contributed by atoms with Crippen molar-refractivity contribution in [1.29, 1.82) is 0 Å². The zero-order valence-electron chi connectivity index (χ0n) is 18.9. The SMILES string of the molecule is COC1CCC(C2(c3cc(NC(=O)c4ncc(Cl)cc4Cl)ccc3C)N=C(C)C(N)=N2)CC1. The van der Waals surface area contributed by atoms with Gasteiger partial charge in [0.1, 0.15) is 11.5 Å². The second-order valence-corrected chi connectivity index (χ2v) is 9.44. The van der Waals surface area contributed by atoms with Gasteiger partial charge in [0.25, 0.3) is 5.91 Å². The Labute approximate surface area is 203 Å². The molecule has 1 unspecified atom stereocenters. The van der Waals surface area contributed by atoms with Crippen LogP contribution in [0.5, 0.6) is 0 Å². The average molecular weight is 488 g/mol. The number of halogens is 2. The fourth-order valence-electron chi connectivity index (χ4n) is 4.69. The highest BCUT2D eigenvalue weighted by Crippen LogP contribution is 2.47. The van der Waals surface area contributed by atoms with Crippen molar-refractivity contribution in [3.8, 4) is 0 Å². The van der Waals surface area contributed by atoms with E-state index in [-0.39, 0.29) is 22.7 Å². The number of aliphatic imine (C=N–C) groups is 2. The van der Waals surface area contributed by atoms with E-state index in [1.807, 2.05) is 32.0 Å². The second kappa shape index (κ2) is 9.41. The maximum atomic E-state index is 12.8. The van der Waals surface area contributed by atoms with Crippen LogP contribution in [0.15, 0.2) is 40.4 Å². The van der Waals surface area contributed by atoms with E-state index < -0.39 is 11.6 Å². The summed E-state index contributed by atoms with van der Waals surface area (Å²) in [4.78, 5) is 26.8. The molecule has 33 heavy (non-hydrogen) atoms. The predicted molar refractivity (Wildman–Crippen MR) is 133 cm³/mol. The monoisotopic (exact) mass is 487 g/mol. The van der Waals surface area contributed by atoms with Crippen LogP contribution in [0.4, 0.5) is 5.69 Å². The third-order valence-electron chi connectivity index (χ3n) is 6.49. The number of rotatable bonds is 5. The van der Waals surface area contributed by atoms with Crippen LogP contribution in [0.25, 0.3) is 0 Å². The number of hydrogen-bond acceptors (Lipinski definition) is 6. The number of carbonyl (C=O) groups is 1. The molecule has 7 nitrogen and oxygen atoms in total. The summed E-state index contributed by atoms with van der Waals surface area (Å²) in [5, 5.41) is 3.44. The zero-order chi connectivity index (χ0) is 23.8. The number of nitrogens with one attached hydrogen (secondary N) is 1. The van der Waals surface area contributed by atoms with E-state index in [0.29, 0.717) is 16.5 Å². The molecule has 1 saturated carbocycles. The molecular weight excluding hydrogens is 461 g/mol. The highest BCUT2D eigenvalue weighted by molar-refractivity contribution is 6.41. The number of benzene rings is 1. The van der Waals surface area contributed by atoms with Crippen LogP contribution < -0.4 is 11.1 Å². The lowest BCUT2D eigenvalue weighted by atomic mass is 9.75. The van der Waals surface area contributed by atoms with E-state index in [1.54, 1.807) is 7.11 Å². The first kappa shape index (κ1) is 23.7. The van der Waals surface area contributed by atoms with Gasteiger partial charge < -0.3 is 15.8 Å². The van der Waals surface area contributed by atoms with Crippen LogP contribution in [-0.2, 0) is 10.4 Å². The molecule has 4 rings (SSSR count). The maximum Gasteiger partial charge on any atom is 0.275 e. The van der Waals surface area contributed by atoms with Crippen molar-refractivity contribution in [1.82, 2.24) is 4.98 Å². The first-order valence-electron chi connectivity index (χ1n) is 10.9. The molecule has 1 atom stereocenters. The highest BCUT2D eigenvalue weighted by atomic mass is 35.5. The molecule has 1 aromatic carbocycles. The van der Waals surface area contributed by atoms with Crippen molar-refractivity contribution in [3.05, 3.63) is 57.3 Å². The Bertz CT molecular complexity index is 1120. The van der Waals surface area contributed by atoms with Crippen LogP contribution in [0.1, 0.15) is 54.2 Å². The van der Waals surface area contributed by atoms with Crippen molar-refractivity contribution >= 4 is 46.3 Å². The van der Waals surface area contributed by atoms with Crippen molar-refractivity contribution in [3.63, 3.8) is 0 Å². The number of anilines is 1. The Morgan fingerprint density at radius 1 is 1.15 bits per heavy atom. The van der Waals surface area contributed by atoms with Gasteiger partial charge in [-0.3, -0.25) is 9.79 Å². The fourth-order valence-corrected chi connectivity index (χ4v) is 5.16. The van der Waals surface area contributed by atoms with Gasteiger partial charge in [-0.05, 0) is 63.3 Å². The molecule has 1 aromatic heterocycles. The molecule has 2 heterocycles. The summed E-state index contributed by atoms with van der Waals surface area (Å²) in [5.41, 5.74) is 8.80. The number of carbonyl (C=O) groups excluding carboxylic acids is 1. The summed E-state index contributed by atoms with van der Waals surface area (Å²) in [5.74, 6) is 0.210. The molecule has 2 aliphatic rings. The molecule has 0 saturated heterocycles. The normalized spacial score (nSPS) is 24.9. The van der Waals surface area contributed by atoms with Crippen LogP contribution in [-0.4, -0.2) is 35.7 Å². The predicted octanol–water partition coefficient (Wildman–Crippen LogP) is 5.14. The number of amidine groups is 1. The molecule has 2 aromatic rings. The number of nitrogens with zero attached hydrogens (tertiary/aromatic N) is 3. The van der Waals surface area contributed by atoms with Crippen LogP contribution in [0, 0.1) is 12.8 Å². The minimum absolute atomic E-state index is 0.104. The molecule has 0 bridgehead atoms. The number of ether oxygens (including phenoxy) is 1. The molecule has 9 heteroatoms. The lowest BCUT2D eigenvalue weighted by Crippen LogP contribution is -2.36. The lowest BCUT2D eigenvalue weighted by Gasteiger charge is -2.38. The van der Waals surface area contributed by atoms with Gasteiger partial charge in [-0.1, -0.05) is 29.3 Å². The van der Waals surface area contributed by atoms with E-state index in [2.05, 4.69) is 10.3 Å². The van der Waals surface area contributed by atoms with Gasteiger partial charge in [-0.15, -0.1) is 0 Å². The Hall–Kier alpha value is -2.48. The molecule has 3 N–H and O–H groups in total. The van der Waals surface area contributed by atoms with Crippen LogP contribution in [0.3, 0.4) is 0 Å². The Balaban J connectivity index is 1.69. The fraction of sp³-hybridized carbons (Fsp3) is 0.417. The van der Waals surface area contributed by atoms with E-state index >= 15 is 0 Å². The molecule has 1 aliphatic carbocycles. The minimum atomic E-state index is -0.812. The Kier molecular flexibility index (Phi) is 6.75. The summed E-state index contributed by atoms with van der Waals surface area (Å²) >= 11 is 12.1. The summed E-state index contributed by atoms with van der Waals surface area (Å²) in [6, 6.07) is 7.22. The average Bonchev–Trinajstić information content (AvgIpc) is 3.10. The van der Waals surface area contributed by atoms with Gasteiger partial charge in [0, 0.05) is 30.5 Å². The summed E-state index contributed by atoms with van der Waals surface area (Å²) in [6.45, 7) is 3.91. The first-order valence-corrected chi connectivity index (χ1v) is 11.7. The Morgan fingerprint density at radius 3 is 2.48 bits per heavy atom. The van der Waals surface area contributed by atoms with Crippen molar-refractivity contribution in [2.75, 3.05) is 12.4 Å². The first-order chi connectivity index (χ1) is 15.7. The minimum Gasteiger partial charge on any atom is -0.382 e. The topological polar surface area (TPSA) is 102 Å². The summed E-state index contributed by atoms with van der Waals surface area (Å²) in [7, 11) is 1.76. The number of pyridine rings is 1. The molecule has 1 aliphatic heterocycles. The van der Waals surface area contributed by atoms with Crippen LogP contribution in [0.2, 0.25) is 10.0 Å². The summed E-state index contributed by atoms with van der Waals surface area (Å²) < 4.78 is 5.56. The smallest absolute Gasteiger partial charge is 0.275 e. The van der Waals surface area contributed by atoms with Gasteiger partial charge >= 0.3 is 0 Å². The highest BCUT2D eigenvalue weighted by Gasteiger charge is 2.46. The molecular formula is C24H27Cl2N5O2. The number of aromatic nitrogens is 1. The van der Waals surface area contributed by atoms with Gasteiger partial charge in [0.05, 0.1) is 21.9 Å². The van der Waals surface area contributed by atoms with E-state index in [9.17, 15) is 4.79 Å². The number of hydrogen-bond donors (Lipinski definition) is 2. The number of amides is 1. The van der Waals surface area contributed by atoms with Gasteiger partial charge in [0.15, 0.2) is 5.66 Å². The largest absolute Gasteiger partial charge is 0.382 e. The lowest BCUT2D eigenvalue weighted by molar-refractivity contribution is 0.0426. The van der Waals surface area contributed by atoms with Crippen molar-refractivity contribution < 1.29 is 9.53 Å². The van der Waals surface area contributed by atoms with Gasteiger partial charge in [-0.2, -0.15) is 0 Å². The quantitative estimate of drug-likeness (QED) is 0.609. The summed E-state index contributed by atoms with van der Waals surface area (Å²) in [6.07, 6.45) is 5.39. The van der Waals surface area contributed by atoms with E-state index in [0.717, 1.165) is 42.5 Å². The number of nitrogens with two attached hydrogens (primary N) is 1. The third kappa shape index (κ3) is 4.63. The van der Waals surface area contributed by atoms with Crippen molar-refractivity contribution in [2.24, 2.45) is 21.6 Å². The van der Waals surface area contributed by atoms with Gasteiger partial charge in [-0.25, -0.2) is 9.98 Å². The third-order valence-corrected chi connectivity index (χ3v) is 6.99. The molecule has 0 spiro atoms. The number of aryl methyl sites for hydroxylation is 1. The van der Waals surface area contributed by atoms with E-state index in [4.69, 9.17) is 43.7 Å². The molecule has 174 valence electrons. The van der Waals surface area contributed by atoms with Crippen molar-refractivity contribution in [2.45, 2.75) is 51.3 Å². The molecule has 0 radical (unpaired) electrons. The maximum absolute atomic E-state index is 12.8. The van der Waals surface area contributed by atoms with Crippen LogP contribution >= 0.6 is 23.2 Å². The number of methoxy groups -OCH3 is 1. The molecule has 1 fully saturated rings. The molecule has 1 amide bonds. The van der Waals surface area contributed by atoms with E-state index in [1.165, 1.54) is 12.3 Å².